The summed E-state index contributed by atoms with van der Waals surface area (Å²) in [5.41, 5.74) is 0.467. The summed E-state index contributed by atoms with van der Waals surface area (Å²) in [5.74, 6) is 0.182. The topological polar surface area (TPSA) is 61.8 Å². The number of methoxy groups -OCH3 is 1. The number of hydrogen-bond donors (Lipinski definition) is 0. The van der Waals surface area contributed by atoms with Crippen LogP contribution in [0.3, 0.4) is 0 Å². The Morgan fingerprint density at radius 3 is 2.43 bits per heavy atom. The zero-order valence-corrected chi connectivity index (χ0v) is 13.4. The van der Waals surface area contributed by atoms with E-state index in [1.165, 1.54) is 26.2 Å². The molecule has 0 radical (unpaired) electrons. The minimum absolute atomic E-state index is 0.108. The highest BCUT2D eigenvalue weighted by Gasteiger charge is 2.13. The molecule has 0 aliphatic rings. The van der Waals surface area contributed by atoms with Crippen molar-refractivity contribution in [3.8, 4) is 17.2 Å². The lowest BCUT2D eigenvalue weighted by molar-refractivity contribution is -0.136. The van der Waals surface area contributed by atoms with E-state index in [9.17, 15) is 9.59 Å². The maximum Gasteiger partial charge on any atom is 0.349 e. The molecule has 0 unspecified atom stereocenters. The second kappa shape index (κ2) is 7.65. The first-order valence-electron chi connectivity index (χ1n) is 6.78. The third-order valence-corrected chi connectivity index (χ3v) is 3.29. The molecule has 6 heteroatoms. The van der Waals surface area contributed by atoms with Crippen LogP contribution in [-0.4, -0.2) is 25.5 Å². The van der Waals surface area contributed by atoms with E-state index in [1.807, 2.05) is 0 Å². The van der Waals surface area contributed by atoms with E-state index in [-0.39, 0.29) is 18.1 Å². The van der Waals surface area contributed by atoms with Crippen LogP contribution < -0.4 is 14.2 Å². The first-order chi connectivity index (χ1) is 11.0. The number of ether oxygens (including phenoxy) is 3. The number of hydrogen-bond acceptors (Lipinski definition) is 5. The number of carbonyl (C=O) groups excluding carboxylic acids is 2. The predicted octanol–water partition coefficient (Wildman–Crippen LogP) is 3.54. The average Bonchev–Trinajstić information content (AvgIpc) is 2.54. The third-order valence-electron chi connectivity index (χ3n) is 2.98. The van der Waals surface area contributed by atoms with Crippen LogP contribution in [0.15, 0.2) is 42.5 Å². The molecule has 0 atom stereocenters. The fourth-order valence-corrected chi connectivity index (χ4v) is 2.01. The monoisotopic (exact) mass is 334 g/mol. The second-order valence-corrected chi connectivity index (χ2v) is 5.02. The Morgan fingerprint density at radius 1 is 1.04 bits per heavy atom. The van der Waals surface area contributed by atoms with Crippen LogP contribution in [0.25, 0.3) is 0 Å². The molecule has 0 heterocycles. The van der Waals surface area contributed by atoms with E-state index in [0.717, 1.165) is 0 Å². The molecule has 0 aromatic heterocycles. The van der Waals surface area contributed by atoms with Crippen molar-refractivity contribution in [2.75, 3.05) is 13.7 Å². The van der Waals surface area contributed by atoms with E-state index < -0.39 is 5.97 Å². The van der Waals surface area contributed by atoms with Crippen LogP contribution >= 0.6 is 11.6 Å². The highest BCUT2D eigenvalue weighted by atomic mass is 35.5. The van der Waals surface area contributed by atoms with E-state index in [2.05, 4.69) is 0 Å². The molecule has 0 spiro atoms. The maximum atomic E-state index is 11.9. The molecule has 0 saturated heterocycles. The van der Waals surface area contributed by atoms with E-state index in [1.54, 1.807) is 30.3 Å². The fraction of sp³-hybridized carbons (Fsp3) is 0.176. The maximum absolute atomic E-state index is 11.9. The van der Waals surface area contributed by atoms with Gasteiger partial charge in [0.1, 0.15) is 5.75 Å². The van der Waals surface area contributed by atoms with Gasteiger partial charge in [-0.05, 0) is 37.3 Å². The number of Topliss-reactive ketones (excluding diaryl/α,β-unsaturated/α-hetero) is 1. The number of benzene rings is 2. The molecular weight excluding hydrogens is 320 g/mol. The molecule has 0 aliphatic carbocycles. The largest absolute Gasteiger partial charge is 0.493 e. The zero-order chi connectivity index (χ0) is 16.8. The Labute approximate surface area is 138 Å². The van der Waals surface area contributed by atoms with Crippen LogP contribution in [-0.2, 0) is 4.79 Å². The van der Waals surface area contributed by atoms with Gasteiger partial charge >= 0.3 is 5.97 Å². The summed E-state index contributed by atoms with van der Waals surface area (Å²) in [5, 5.41) is 0.406. The van der Waals surface area contributed by atoms with Crippen LogP contribution in [0.5, 0.6) is 17.2 Å². The molecule has 2 aromatic rings. The zero-order valence-electron chi connectivity index (χ0n) is 12.7. The molecule has 0 saturated carbocycles. The van der Waals surface area contributed by atoms with Gasteiger partial charge in [-0.1, -0.05) is 23.7 Å². The number of para-hydroxylation sites is 1. The summed E-state index contributed by atoms with van der Waals surface area (Å²) >= 11 is 5.93. The van der Waals surface area contributed by atoms with Gasteiger partial charge in [0.25, 0.3) is 0 Å². The van der Waals surface area contributed by atoms with Crippen molar-refractivity contribution in [3.63, 3.8) is 0 Å². The first kappa shape index (κ1) is 16.8. The summed E-state index contributed by atoms with van der Waals surface area (Å²) in [4.78, 5) is 23.2. The molecule has 0 amide bonds. The Hall–Kier alpha value is -2.53. The lowest BCUT2D eigenvalue weighted by atomic mass is 10.1. The first-order valence-corrected chi connectivity index (χ1v) is 7.16. The van der Waals surface area contributed by atoms with Crippen LogP contribution in [0.1, 0.15) is 17.3 Å². The molecule has 2 rings (SSSR count). The second-order valence-electron chi connectivity index (χ2n) is 4.61. The molecule has 0 N–H and O–H groups in total. The van der Waals surface area contributed by atoms with E-state index in [4.69, 9.17) is 25.8 Å². The van der Waals surface area contributed by atoms with Gasteiger partial charge in [-0.15, -0.1) is 0 Å². The fourth-order valence-electron chi connectivity index (χ4n) is 1.82. The summed E-state index contributed by atoms with van der Waals surface area (Å²) in [6.45, 7) is 1.14. The highest BCUT2D eigenvalue weighted by molar-refractivity contribution is 6.32. The minimum Gasteiger partial charge on any atom is -0.493 e. The summed E-state index contributed by atoms with van der Waals surface area (Å²) < 4.78 is 15.6. The van der Waals surface area contributed by atoms with Gasteiger partial charge < -0.3 is 14.2 Å². The molecular formula is C17H15ClO5. The minimum atomic E-state index is -0.612. The van der Waals surface area contributed by atoms with E-state index >= 15 is 0 Å². The molecule has 120 valence electrons. The molecule has 0 aliphatic heterocycles. The van der Waals surface area contributed by atoms with Gasteiger partial charge in [-0.3, -0.25) is 4.79 Å². The van der Waals surface area contributed by atoms with Gasteiger partial charge in [0, 0.05) is 5.56 Å². The Morgan fingerprint density at radius 2 is 1.78 bits per heavy atom. The predicted molar refractivity (Wildman–Crippen MR) is 85.6 cm³/mol. The summed E-state index contributed by atoms with van der Waals surface area (Å²) in [7, 11) is 1.43. The van der Waals surface area contributed by atoms with Gasteiger partial charge in [0.05, 0.1) is 12.1 Å². The standard InChI is InChI=1S/C17H15ClO5/c1-11(19)12-7-8-15(16(9-12)21-2)23-17(20)10-22-14-6-4-3-5-13(14)18/h3-9H,10H2,1-2H3. The Balaban J connectivity index is 2.03. The van der Waals surface area contributed by atoms with Crippen molar-refractivity contribution < 1.29 is 23.8 Å². The van der Waals surface area contributed by atoms with Crippen molar-refractivity contribution in [2.45, 2.75) is 6.92 Å². The number of halogens is 1. The van der Waals surface area contributed by atoms with Crippen molar-refractivity contribution in [1.82, 2.24) is 0 Å². The molecule has 2 aromatic carbocycles. The Kier molecular flexibility index (Phi) is 5.60. The molecule has 23 heavy (non-hydrogen) atoms. The van der Waals surface area contributed by atoms with Crippen LogP contribution in [0.4, 0.5) is 0 Å². The average molecular weight is 335 g/mol. The molecule has 0 bridgehead atoms. The normalized spacial score (nSPS) is 10.0. The van der Waals surface area contributed by atoms with E-state index in [0.29, 0.717) is 22.1 Å². The van der Waals surface area contributed by atoms with Crippen molar-refractivity contribution >= 4 is 23.4 Å². The van der Waals surface area contributed by atoms with Gasteiger partial charge in [-0.25, -0.2) is 4.79 Å². The van der Waals surface area contributed by atoms with Gasteiger partial charge in [0.15, 0.2) is 23.9 Å². The smallest absolute Gasteiger partial charge is 0.349 e. The molecule has 0 fully saturated rings. The SMILES string of the molecule is COc1cc(C(C)=O)ccc1OC(=O)COc1ccccc1Cl. The third kappa shape index (κ3) is 4.47. The number of esters is 1. The van der Waals surface area contributed by atoms with Crippen molar-refractivity contribution in [3.05, 3.63) is 53.1 Å². The number of ketones is 1. The van der Waals surface area contributed by atoms with Crippen LogP contribution in [0, 0.1) is 0 Å². The van der Waals surface area contributed by atoms with Crippen molar-refractivity contribution in [1.29, 1.82) is 0 Å². The highest BCUT2D eigenvalue weighted by Crippen LogP contribution is 2.28. The molecule has 5 nitrogen and oxygen atoms in total. The number of carbonyl (C=O) groups is 2. The van der Waals surface area contributed by atoms with Gasteiger partial charge in [0.2, 0.25) is 0 Å². The lowest BCUT2D eigenvalue weighted by Crippen LogP contribution is -2.18. The Bertz CT molecular complexity index is 727. The van der Waals surface area contributed by atoms with Crippen molar-refractivity contribution in [2.24, 2.45) is 0 Å². The van der Waals surface area contributed by atoms with Gasteiger partial charge in [-0.2, -0.15) is 0 Å². The summed E-state index contributed by atoms with van der Waals surface area (Å²) in [6.07, 6.45) is 0. The number of rotatable bonds is 6. The lowest BCUT2D eigenvalue weighted by Gasteiger charge is -2.11. The quantitative estimate of drug-likeness (QED) is 0.459. The van der Waals surface area contributed by atoms with Crippen LogP contribution in [0.2, 0.25) is 5.02 Å². The summed E-state index contributed by atoms with van der Waals surface area (Å²) in [6, 6.07) is 11.4.